The molecule has 0 aliphatic heterocycles. The summed E-state index contributed by atoms with van der Waals surface area (Å²) in [5.41, 5.74) is 0.229. The van der Waals surface area contributed by atoms with Gasteiger partial charge in [0, 0.05) is 47.9 Å². The maximum atomic E-state index is 13.7. The number of hydrogen-bond acceptors (Lipinski definition) is 8. The molecule has 198 valence electrons. The maximum Gasteiger partial charge on any atom is 0.306 e. The van der Waals surface area contributed by atoms with Crippen LogP contribution in [0.1, 0.15) is 23.5 Å². The first-order valence-corrected chi connectivity index (χ1v) is 12.1. The van der Waals surface area contributed by atoms with E-state index in [1.807, 2.05) is 6.07 Å². The number of ether oxygens (including phenoxy) is 2. The molecule has 2 N–H and O–H groups in total. The molecule has 0 aliphatic carbocycles. The highest BCUT2D eigenvalue weighted by atomic mass is 16.5. The Kier molecular flexibility index (Phi) is 6.57. The van der Waals surface area contributed by atoms with Crippen molar-refractivity contribution in [1.29, 1.82) is 0 Å². The molecule has 9 nitrogen and oxygen atoms in total. The second-order valence-corrected chi connectivity index (χ2v) is 9.09. The number of esters is 1. The highest BCUT2D eigenvalue weighted by Gasteiger charge is 2.30. The van der Waals surface area contributed by atoms with Crippen LogP contribution in [0.15, 0.2) is 80.7 Å². The molecule has 0 spiro atoms. The first-order chi connectivity index (χ1) is 18.7. The molecule has 0 radical (unpaired) electrons. The number of carbonyl (C=O) groups excluding carboxylic acids is 1. The molecule has 0 aliphatic rings. The number of aromatic hydroxyl groups is 2. The zero-order valence-electron chi connectivity index (χ0n) is 21.4. The SMILES string of the molecule is COC(=O)CC(c1cc2ccc(OC)cc2n(C)c1=O)c1c(O)cc(O)c2c(=O)cc(-c3ccccc3)oc12. The quantitative estimate of drug-likeness (QED) is 0.311. The van der Waals surface area contributed by atoms with Crippen molar-refractivity contribution in [3.63, 3.8) is 0 Å². The van der Waals surface area contributed by atoms with Gasteiger partial charge in [-0.2, -0.15) is 0 Å². The summed E-state index contributed by atoms with van der Waals surface area (Å²) in [7, 11) is 4.33. The fraction of sp³-hybridized carbons (Fsp3) is 0.167. The predicted octanol–water partition coefficient (Wildman–Crippen LogP) is 4.43. The van der Waals surface area contributed by atoms with Gasteiger partial charge in [-0.15, -0.1) is 0 Å². The monoisotopic (exact) mass is 527 g/mol. The van der Waals surface area contributed by atoms with Crippen molar-refractivity contribution in [2.75, 3.05) is 14.2 Å². The lowest BCUT2D eigenvalue weighted by molar-refractivity contribution is -0.140. The topological polar surface area (TPSA) is 128 Å². The minimum Gasteiger partial charge on any atom is -0.507 e. The summed E-state index contributed by atoms with van der Waals surface area (Å²) >= 11 is 0. The van der Waals surface area contributed by atoms with Crippen LogP contribution < -0.4 is 15.7 Å². The summed E-state index contributed by atoms with van der Waals surface area (Å²) in [6.45, 7) is 0. The largest absolute Gasteiger partial charge is 0.507 e. The van der Waals surface area contributed by atoms with Crippen LogP contribution in [0.2, 0.25) is 0 Å². The van der Waals surface area contributed by atoms with Gasteiger partial charge in [-0.05, 0) is 23.6 Å². The first kappa shape index (κ1) is 25.6. The van der Waals surface area contributed by atoms with Crippen molar-refractivity contribution in [2.24, 2.45) is 7.05 Å². The molecule has 3 aromatic carbocycles. The number of carbonyl (C=O) groups is 1. The second kappa shape index (κ2) is 10.0. The Hall–Kier alpha value is -5.05. The summed E-state index contributed by atoms with van der Waals surface area (Å²) < 4.78 is 17.8. The van der Waals surface area contributed by atoms with E-state index in [4.69, 9.17) is 13.9 Å². The Morgan fingerprint density at radius 3 is 2.41 bits per heavy atom. The summed E-state index contributed by atoms with van der Waals surface area (Å²) in [6.07, 6.45) is -0.347. The fourth-order valence-corrected chi connectivity index (χ4v) is 4.87. The van der Waals surface area contributed by atoms with Crippen molar-refractivity contribution in [1.82, 2.24) is 4.57 Å². The molecule has 1 unspecified atom stereocenters. The Morgan fingerprint density at radius 1 is 0.974 bits per heavy atom. The normalized spacial score (nSPS) is 12.0. The lowest BCUT2D eigenvalue weighted by Gasteiger charge is -2.21. The van der Waals surface area contributed by atoms with Gasteiger partial charge >= 0.3 is 5.97 Å². The van der Waals surface area contributed by atoms with E-state index >= 15 is 0 Å². The van der Waals surface area contributed by atoms with Crippen molar-refractivity contribution in [2.45, 2.75) is 12.3 Å². The molecule has 39 heavy (non-hydrogen) atoms. The molecule has 5 aromatic rings. The molecule has 0 bridgehead atoms. The van der Waals surface area contributed by atoms with Crippen LogP contribution in [0.25, 0.3) is 33.2 Å². The van der Waals surface area contributed by atoms with Gasteiger partial charge in [0.15, 0.2) is 5.43 Å². The predicted molar refractivity (Wildman–Crippen MR) is 145 cm³/mol. The Labute approximate surface area is 222 Å². The fourth-order valence-electron chi connectivity index (χ4n) is 4.87. The lowest BCUT2D eigenvalue weighted by atomic mass is 9.86. The number of benzene rings is 3. The van der Waals surface area contributed by atoms with Crippen LogP contribution in [-0.4, -0.2) is 35.0 Å². The lowest BCUT2D eigenvalue weighted by Crippen LogP contribution is -2.25. The van der Waals surface area contributed by atoms with Crippen LogP contribution in [0.4, 0.5) is 0 Å². The molecular formula is C30H25NO8. The van der Waals surface area contributed by atoms with Gasteiger partial charge in [0.05, 0.1) is 26.2 Å². The second-order valence-electron chi connectivity index (χ2n) is 9.09. The zero-order chi connectivity index (χ0) is 27.8. The third-order valence-electron chi connectivity index (χ3n) is 6.84. The molecule has 1 atom stereocenters. The summed E-state index contributed by atoms with van der Waals surface area (Å²) in [5, 5.41) is 22.2. The van der Waals surface area contributed by atoms with E-state index in [0.29, 0.717) is 22.2 Å². The summed E-state index contributed by atoms with van der Waals surface area (Å²) in [4.78, 5) is 39.5. The van der Waals surface area contributed by atoms with Crippen LogP contribution in [-0.2, 0) is 16.6 Å². The van der Waals surface area contributed by atoms with E-state index in [-0.39, 0.29) is 34.3 Å². The van der Waals surface area contributed by atoms with E-state index in [2.05, 4.69) is 0 Å². The molecule has 0 saturated carbocycles. The van der Waals surface area contributed by atoms with E-state index in [1.165, 1.54) is 24.9 Å². The van der Waals surface area contributed by atoms with E-state index in [1.54, 1.807) is 55.6 Å². The molecule has 0 saturated heterocycles. The third-order valence-corrected chi connectivity index (χ3v) is 6.84. The number of fused-ring (bicyclic) bond motifs is 2. The van der Waals surface area contributed by atoms with Crippen LogP contribution >= 0.6 is 0 Å². The average Bonchev–Trinajstić information content (AvgIpc) is 2.94. The first-order valence-electron chi connectivity index (χ1n) is 12.1. The van der Waals surface area contributed by atoms with E-state index in [0.717, 1.165) is 6.07 Å². The standard InChI is InChI=1S/C30H25NO8/c1-31-21-12-18(37-2)10-9-17(21)11-20(30(31)36)19(13-26(35)38-3)27-22(32)14-23(33)28-24(34)15-25(39-29(27)28)16-7-5-4-6-8-16/h4-12,14-15,19,32-33H,13H2,1-3H3. The number of aryl methyl sites for hydroxylation is 1. The average molecular weight is 528 g/mol. The smallest absolute Gasteiger partial charge is 0.306 e. The molecular weight excluding hydrogens is 502 g/mol. The van der Waals surface area contributed by atoms with Crippen molar-refractivity contribution in [3.8, 4) is 28.6 Å². The van der Waals surface area contributed by atoms with Gasteiger partial charge in [-0.3, -0.25) is 14.4 Å². The van der Waals surface area contributed by atoms with Crippen LogP contribution in [0, 0.1) is 0 Å². The molecule has 2 aromatic heterocycles. The van der Waals surface area contributed by atoms with Crippen LogP contribution in [0.3, 0.4) is 0 Å². The minimum atomic E-state index is -1.08. The number of hydrogen-bond donors (Lipinski definition) is 2. The molecule has 9 heteroatoms. The number of pyridine rings is 1. The summed E-state index contributed by atoms with van der Waals surface area (Å²) in [5.74, 6) is -1.92. The number of nitrogens with zero attached hydrogens (tertiary/aromatic N) is 1. The number of aromatic nitrogens is 1. The van der Waals surface area contributed by atoms with Crippen molar-refractivity contribution in [3.05, 3.63) is 98.4 Å². The highest BCUT2D eigenvalue weighted by Crippen LogP contribution is 2.42. The summed E-state index contributed by atoms with van der Waals surface area (Å²) in [6, 6.07) is 18.0. The minimum absolute atomic E-state index is 0.00745. The Balaban J connectivity index is 1.86. The number of phenolic OH excluding ortho intramolecular Hbond substituents is 2. The molecule has 2 heterocycles. The van der Waals surface area contributed by atoms with Gasteiger partial charge in [-0.25, -0.2) is 0 Å². The third kappa shape index (κ3) is 4.48. The van der Waals surface area contributed by atoms with Gasteiger partial charge in [0.2, 0.25) is 0 Å². The van der Waals surface area contributed by atoms with Crippen LogP contribution in [0.5, 0.6) is 17.2 Å². The van der Waals surface area contributed by atoms with Crippen molar-refractivity contribution >= 4 is 27.8 Å². The number of phenols is 2. The van der Waals surface area contributed by atoms with Gasteiger partial charge < -0.3 is 28.7 Å². The maximum absolute atomic E-state index is 13.7. The zero-order valence-corrected chi connectivity index (χ0v) is 21.4. The number of rotatable bonds is 6. The van der Waals surface area contributed by atoms with Gasteiger partial charge in [-0.1, -0.05) is 30.3 Å². The van der Waals surface area contributed by atoms with Gasteiger partial charge in [0.25, 0.3) is 5.56 Å². The number of methoxy groups -OCH3 is 2. The molecule has 0 fully saturated rings. The highest BCUT2D eigenvalue weighted by molar-refractivity contribution is 5.91. The van der Waals surface area contributed by atoms with E-state index < -0.39 is 34.4 Å². The Bertz CT molecular complexity index is 1850. The molecule has 5 rings (SSSR count). The molecule has 0 amide bonds. The van der Waals surface area contributed by atoms with Crippen molar-refractivity contribution < 1.29 is 28.9 Å². The van der Waals surface area contributed by atoms with Gasteiger partial charge in [0.1, 0.15) is 34.0 Å². The van der Waals surface area contributed by atoms with E-state index in [9.17, 15) is 24.6 Å². The Morgan fingerprint density at radius 2 is 1.72 bits per heavy atom.